The zero-order valence-electron chi connectivity index (χ0n) is 19.7. The lowest BCUT2D eigenvalue weighted by Gasteiger charge is -2.43. The molecule has 4 heteroatoms. The lowest BCUT2D eigenvalue weighted by molar-refractivity contribution is -0.0522. The van der Waals surface area contributed by atoms with Crippen LogP contribution in [0.25, 0.3) is 0 Å². The van der Waals surface area contributed by atoms with Crippen LogP contribution in [0.15, 0.2) is 18.2 Å². The van der Waals surface area contributed by atoms with Crippen LogP contribution in [0.1, 0.15) is 108 Å². The molecule has 0 N–H and O–H groups in total. The zero-order valence-corrected chi connectivity index (χ0v) is 19.7. The van der Waals surface area contributed by atoms with Gasteiger partial charge in [-0.15, -0.1) is 0 Å². The molecule has 0 aliphatic heterocycles. The molecule has 0 spiro atoms. The Labute approximate surface area is 192 Å². The van der Waals surface area contributed by atoms with Gasteiger partial charge in [0, 0.05) is 0 Å². The topological polar surface area (TPSA) is 9.23 Å². The summed E-state index contributed by atoms with van der Waals surface area (Å²) in [6, 6.07) is 4.58. The molecule has 4 atom stereocenters. The molecule has 32 heavy (non-hydrogen) atoms. The highest BCUT2D eigenvalue weighted by Crippen LogP contribution is 2.49. The van der Waals surface area contributed by atoms with E-state index in [9.17, 15) is 13.2 Å². The van der Waals surface area contributed by atoms with Crippen LogP contribution in [-0.2, 0) is 0 Å². The van der Waals surface area contributed by atoms with E-state index >= 15 is 0 Å². The fraction of sp³-hybridized carbons (Fsp3) is 0.786. The molecule has 1 nitrogen and oxygen atoms in total. The first-order chi connectivity index (χ1) is 15.5. The smallest absolute Gasteiger partial charge is 0.387 e. The van der Waals surface area contributed by atoms with E-state index in [-0.39, 0.29) is 5.75 Å². The second kappa shape index (κ2) is 11.3. The molecule has 1 aromatic rings. The van der Waals surface area contributed by atoms with Crippen molar-refractivity contribution in [2.24, 2.45) is 29.6 Å². The summed E-state index contributed by atoms with van der Waals surface area (Å²) in [6.07, 6.45) is 19.0. The van der Waals surface area contributed by atoms with Crippen molar-refractivity contribution in [2.75, 3.05) is 0 Å². The molecule has 4 rings (SSSR count). The maximum atomic E-state index is 14.2. The SMILES string of the molecule is CCCC1CCC(CCC2CCC3CC(c4ccc(OC(F)F)c(F)c4)CCC3C2)CC1. The molecule has 180 valence electrons. The molecule has 3 aliphatic rings. The first-order valence-corrected chi connectivity index (χ1v) is 13.3. The summed E-state index contributed by atoms with van der Waals surface area (Å²) in [5, 5.41) is 0. The minimum Gasteiger partial charge on any atom is -0.432 e. The minimum absolute atomic E-state index is 0.348. The number of ether oxygens (including phenoxy) is 1. The van der Waals surface area contributed by atoms with Gasteiger partial charge in [0.05, 0.1) is 0 Å². The van der Waals surface area contributed by atoms with Crippen LogP contribution < -0.4 is 4.74 Å². The summed E-state index contributed by atoms with van der Waals surface area (Å²) >= 11 is 0. The number of fused-ring (bicyclic) bond motifs is 1. The van der Waals surface area contributed by atoms with Crippen molar-refractivity contribution in [1.29, 1.82) is 0 Å². The molecular formula is C28H41F3O. The predicted octanol–water partition coefficient (Wildman–Crippen LogP) is 9.11. The number of alkyl halides is 2. The van der Waals surface area contributed by atoms with E-state index in [1.807, 2.05) is 0 Å². The summed E-state index contributed by atoms with van der Waals surface area (Å²) in [4.78, 5) is 0. The van der Waals surface area contributed by atoms with E-state index in [1.54, 1.807) is 6.07 Å². The largest absolute Gasteiger partial charge is 0.432 e. The Morgan fingerprint density at radius 1 is 0.812 bits per heavy atom. The number of benzene rings is 1. The first-order valence-electron chi connectivity index (χ1n) is 13.3. The molecule has 3 aliphatic carbocycles. The summed E-state index contributed by atoms with van der Waals surface area (Å²) in [5.41, 5.74) is 0.948. The monoisotopic (exact) mass is 450 g/mol. The van der Waals surface area contributed by atoms with Crippen molar-refractivity contribution >= 4 is 0 Å². The molecular weight excluding hydrogens is 409 g/mol. The van der Waals surface area contributed by atoms with Crippen molar-refractivity contribution in [3.63, 3.8) is 0 Å². The third kappa shape index (κ3) is 6.23. The van der Waals surface area contributed by atoms with Crippen LogP contribution in [0, 0.1) is 35.4 Å². The predicted molar refractivity (Wildman–Crippen MR) is 124 cm³/mol. The molecule has 3 fully saturated rings. The molecule has 4 unspecified atom stereocenters. The molecule has 0 saturated heterocycles. The third-order valence-electron chi connectivity index (χ3n) is 9.01. The van der Waals surface area contributed by atoms with Crippen LogP contribution in [0.5, 0.6) is 5.75 Å². The zero-order chi connectivity index (χ0) is 22.5. The maximum absolute atomic E-state index is 14.2. The van der Waals surface area contributed by atoms with E-state index in [1.165, 1.54) is 89.2 Å². The van der Waals surface area contributed by atoms with Crippen molar-refractivity contribution in [1.82, 2.24) is 0 Å². The van der Waals surface area contributed by atoms with Gasteiger partial charge in [0.2, 0.25) is 0 Å². The molecule has 0 radical (unpaired) electrons. The van der Waals surface area contributed by atoms with Crippen LogP contribution in [0.2, 0.25) is 0 Å². The van der Waals surface area contributed by atoms with Gasteiger partial charge >= 0.3 is 6.61 Å². The fourth-order valence-corrected chi connectivity index (χ4v) is 7.20. The second-order valence-corrected chi connectivity index (χ2v) is 11.0. The van der Waals surface area contributed by atoms with Gasteiger partial charge in [-0.2, -0.15) is 8.78 Å². The van der Waals surface area contributed by atoms with Gasteiger partial charge in [0.15, 0.2) is 11.6 Å². The van der Waals surface area contributed by atoms with Crippen LogP contribution in [0.4, 0.5) is 13.2 Å². The van der Waals surface area contributed by atoms with Gasteiger partial charge in [0.25, 0.3) is 0 Å². The van der Waals surface area contributed by atoms with E-state index in [2.05, 4.69) is 11.7 Å². The maximum Gasteiger partial charge on any atom is 0.387 e. The lowest BCUT2D eigenvalue weighted by atomic mass is 9.63. The van der Waals surface area contributed by atoms with Gasteiger partial charge in [-0.1, -0.05) is 70.8 Å². The van der Waals surface area contributed by atoms with Crippen molar-refractivity contribution in [3.05, 3.63) is 29.6 Å². The summed E-state index contributed by atoms with van der Waals surface area (Å²) < 4.78 is 43.2. The van der Waals surface area contributed by atoms with Crippen LogP contribution in [-0.4, -0.2) is 6.61 Å². The minimum atomic E-state index is -2.99. The summed E-state index contributed by atoms with van der Waals surface area (Å²) in [5.74, 6) is 3.79. The van der Waals surface area contributed by atoms with Crippen molar-refractivity contribution < 1.29 is 17.9 Å². The second-order valence-electron chi connectivity index (χ2n) is 11.0. The molecule has 3 saturated carbocycles. The Kier molecular flexibility index (Phi) is 8.45. The first kappa shape index (κ1) is 24.0. The Morgan fingerprint density at radius 2 is 1.44 bits per heavy atom. The number of halogens is 3. The number of hydrogen-bond donors (Lipinski definition) is 0. The molecule has 1 aromatic carbocycles. The summed E-state index contributed by atoms with van der Waals surface area (Å²) in [7, 11) is 0. The third-order valence-corrected chi connectivity index (χ3v) is 9.01. The van der Waals surface area contributed by atoms with E-state index in [0.717, 1.165) is 48.0 Å². The van der Waals surface area contributed by atoms with Gasteiger partial charge in [-0.05, 0) is 85.3 Å². The Bertz CT molecular complexity index is 713. The molecule has 0 bridgehead atoms. The molecule has 0 amide bonds. The quantitative estimate of drug-likeness (QED) is 0.384. The average molecular weight is 451 g/mol. The van der Waals surface area contributed by atoms with Gasteiger partial charge < -0.3 is 4.74 Å². The van der Waals surface area contributed by atoms with Gasteiger partial charge in [-0.25, -0.2) is 4.39 Å². The Morgan fingerprint density at radius 3 is 2.12 bits per heavy atom. The fourth-order valence-electron chi connectivity index (χ4n) is 7.20. The van der Waals surface area contributed by atoms with Gasteiger partial charge in [0.1, 0.15) is 0 Å². The molecule has 0 heterocycles. The van der Waals surface area contributed by atoms with Crippen LogP contribution in [0.3, 0.4) is 0 Å². The van der Waals surface area contributed by atoms with Crippen molar-refractivity contribution in [3.8, 4) is 5.75 Å². The van der Waals surface area contributed by atoms with E-state index < -0.39 is 12.4 Å². The lowest BCUT2D eigenvalue weighted by Crippen LogP contribution is -2.30. The number of rotatable bonds is 8. The summed E-state index contributed by atoms with van der Waals surface area (Å²) in [6.45, 7) is -0.674. The highest BCUT2D eigenvalue weighted by Gasteiger charge is 2.36. The van der Waals surface area contributed by atoms with E-state index in [0.29, 0.717) is 5.92 Å². The number of hydrogen-bond acceptors (Lipinski definition) is 1. The molecule has 0 aromatic heterocycles. The van der Waals surface area contributed by atoms with Crippen LogP contribution >= 0.6 is 0 Å². The standard InChI is InChI=1S/C28H41F3O/c1-2-3-19-4-6-20(7-5-19)8-9-21-10-11-23-17-24(13-12-22(23)16-21)25-14-15-27(26(29)18-25)32-28(30)31/h14-15,18-24,28H,2-13,16-17H2,1H3. The van der Waals surface area contributed by atoms with Gasteiger partial charge in [-0.3, -0.25) is 0 Å². The van der Waals surface area contributed by atoms with E-state index in [4.69, 9.17) is 0 Å². The van der Waals surface area contributed by atoms with Crippen molar-refractivity contribution in [2.45, 2.75) is 109 Å². The normalized spacial score (nSPS) is 33.2. The highest BCUT2D eigenvalue weighted by molar-refractivity contribution is 5.31. The Balaban J connectivity index is 1.22. The average Bonchev–Trinajstić information content (AvgIpc) is 2.79. The Hall–Kier alpha value is -1.19. The highest BCUT2D eigenvalue weighted by atomic mass is 19.3.